The van der Waals surface area contributed by atoms with Crippen molar-refractivity contribution in [2.45, 2.75) is 26.4 Å². The van der Waals surface area contributed by atoms with Gasteiger partial charge in [-0.25, -0.2) is 4.79 Å². The lowest BCUT2D eigenvalue weighted by molar-refractivity contribution is -0.146. The Bertz CT molecular complexity index is 416. The van der Waals surface area contributed by atoms with Gasteiger partial charge in [-0.1, -0.05) is 26.0 Å². The van der Waals surface area contributed by atoms with Gasteiger partial charge in [0.05, 0.1) is 0 Å². The summed E-state index contributed by atoms with van der Waals surface area (Å²) in [7, 11) is 1.52. The largest absolute Gasteiger partial charge is 0.484 e. The highest BCUT2D eigenvalue weighted by Gasteiger charge is 2.13. The van der Waals surface area contributed by atoms with E-state index in [1.54, 1.807) is 24.3 Å². The predicted octanol–water partition coefficient (Wildman–Crippen LogP) is 0.826. The van der Waals surface area contributed by atoms with E-state index in [0.717, 1.165) is 0 Å². The van der Waals surface area contributed by atoms with Crippen LogP contribution in [-0.4, -0.2) is 41.8 Å². The van der Waals surface area contributed by atoms with E-state index in [1.165, 1.54) is 7.05 Å². The molecule has 1 aromatic carbocycles. The number of rotatable bonds is 6. The summed E-state index contributed by atoms with van der Waals surface area (Å²) < 4.78 is 5.18. The van der Waals surface area contributed by atoms with Gasteiger partial charge in [0.2, 0.25) is 0 Å². The van der Waals surface area contributed by atoms with Gasteiger partial charge in [0.15, 0.2) is 12.7 Å². The standard InChI is InChI=1S/C12H15NO5.C2H6/c1-13-11(15)7-18-9-4-2-8(3-5-9)6-10(14)12(16)17;1-2/h2-5,10,14H,6-7H2,1H3,(H,13,15)(H,16,17);1-2H3. The summed E-state index contributed by atoms with van der Waals surface area (Å²) in [5, 5.41) is 20.1. The Morgan fingerprint density at radius 1 is 1.25 bits per heavy atom. The monoisotopic (exact) mass is 283 g/mol. The Morgan fingerprint density at radius 2 is 1.80 bits per heavy atom. The average Bonchev–Trinajstić information content (AvgIpc) is 2.48. The number of aliphatic hydroxyl groups excluding tert-OH is 1. The summed E-state index contributed by atoms with van der Waals surface area (Å²) in [6.07, 6.45) is -1.38. The molecule has 0 saturated heterocycles. The minimum Gasteiger partial charge on any atom is -0.484 e. The van der Waals surface area contributed by atoms with Crippen molar-refractivity contribution >= 4 is 11.9 Å². The SMILES string of the molecule is CC.CNC(=O)COc1ccc(CC(O)C(=O)O)cc1. The predicted molar refractivity (Wildman–Crippen MR) is 74.7 cm³/mol. The Morgan fingerprint density at radius 3 is 2.25 bits per heavy atom. The minimum atomic E-state index is -1.41. The average molecular weight is 283 g/mol. The van der Waals surface area contributed by atoms with Gasteiger partial charge in [0.25, 0.3) is 5.91 Å². The number of aliphatic hydroxyl groups is 1. The molecule has 0 spiro atoms. The fraction of sp³-hybridized carbons (Fsp3) is 0.429. The van der Waals surface area contributed by atoms with Crippen LogP contribution in [0.1, 0.15) is 19.4 Å². The van der Waals surface area contributed by atoms with Crippen LogP contribution < -0.4 is 10.1 Å². The van der Waals surface area contributed by atoms with Crippen molar-refractivity contribution in [1.82, 2.24) is 5.32 Å². The highest BCUT2D eigenvalue weighted by Crippen LogP contribution is 2.13. The highest BCUT2D eigenvalue weighted by molar-refractivity contribution is 5.77. The fourth-order valence-corrected chi connectivity index (χ4v) is 1.25. The maximum atomic E-state index is 10.9. The van der Waals surface area contributed by atoms with E-state index < -0.39 is 12.1 Å². The summed E-state index contributed by atoms with van der Waals surface area (Å²) in [4.78, 5) is 21.4. The van der Waals surface area contributed by atoms with Crippen LogP contribution in [0.3, 0.4) is 0 Å². The summed E-state index contributed by atoms with van der Waals surface area (Å²) in [5.41, 5.74) is 0.678. The number of carboxylic acid groups (broad SMARTS) is 1. The molecule has 1 amide bonds. The molecule has 3 N–H and O–H groups in total. The van der Waals surface area contributed by atoms with Crippen molar-refractivity contribution in [3.63, 3.8) is 0 Å². The second kappa shape index (κ2) is 9.80. The van der Waals surface area contributed by atoms with Crippen LogP contribution in [0.2, 0.25) is 0 Å². The van der Waals surface area contributed by atoms with Crippen molar-refractivity contribution in [2.24, 2.45) is 0 Å². The number of aliphatic carboxylic acids is 1. The quantitative estimate of drug-likeness (QED) is 0.718. The number of hydrogen-bond acceptors (Lipinski definition) is 4. The number of carboxylic acids is 1. The molecule has 0 aliphatic heterocycles. The lowest BCUT2D eigenvalue weighted by Crippen LogP contribution is -2.24. The van der Waals surface area contributed by atoms with E-state index >= 15 is 0 Å². The van der Waals surface area contributed by atoms with Crippen LogP contribution >= 0.6 is 0 Å². The van der Waals surface area contributed by atoms with Gasteiger partial charge in [-0.15, -0.1) is 0 Å². The lowest BCUT2D eigenvalue weighted by Gasteiger charge is -2.08. The van der Waals surface area contributed by atoms with Gasteiger partial charge < -0.3 is 20.3 Å². The number of amides is 1. The van der Waals surface area contributed by atoms with Gasteiger partial charge in [-0.05, 0) is 17.7 Å². The Hall–Kier alpha value is -2.08. The first kappa shape index (κ1) is 17.9. The zero-order valence-corrected chi connectivity index (χ0v) is 11.9. The summed E-state index contributed by atoms with van der Waals surface area (Å²) >= 11 is 0. The summed E-state index contributed by atoms with van der Waals surface area (Å²) in [6, 6.07) is 6.52. The molecule has 6 heteroatoms. The maximum Gasteiger partial charge on any atom is 0.332 e. The smallest absolute Gasteiger partial charge is 0.332 e. The van der Waals surface area contributed by atoms with Crippen LogP contribution in [0.4, 0.5) is 0 Å². The Kier molecular flexibility index (Phi) is 8.78. The zero-order valence-electron chi connectivity index (χ0n) is 11.9. The van der Waals surface area contributed by atoms with Gasteiger partial charge in [0, 0.05) is 13.5 Å². The third-order valence-electron chi connectivity index (χ3n) is 2.29. The maximum absolute atomic E-state index is 10.9. The number of carbonyl (C=O) groups is 2. The second-order valence-corrected chi connectivity index (χ2v) is 3.66. The van der Waals surface area contributed by atoms with Gasteiger partial charge >= 0.3 is 5.97 Å². The zero-order chi connectivity index (χ0) is 15.5. The lowest BCUT2D eigenvalue weighted by atomic mass is 10.1. The van der Waals surface area contributed by atoms with Crippen LogP contribution in [0, 0.1) is 0 Å². The van der Waals surface area contributed by atoms with Crippen LogP contribution in [0.15, 0.2) is 24.3 Å². The number of hydrogen-bond donors (Lipinski definition) is 3. The molecule has 1 atom stereocenters. The Balaban J connectivity index is 0.00000172. The molecule has 0 fully saturated rings. The first-order valence-electron chi connectivity index (χ1n) is 6.36. The second-order valence-electron chi connectivity index (χ2n) is 3.66. The third kappa shape index (κ3) is 6.75. The van der Waals surface area contributed by atoms with E-state index in [-0.39, 0.29) is 18.9 Å². The van der Waals surface area contributed by atoms with Crippen molar-refractivity contribution in [1.29, 1.82) is 0 Å². The van der Waals surface area contributed by atoms with E-state index in [0.29, 0.717) is 11.3 Å². The molecule has 0 radical (unpaired) electrons. The summed E-state index contributed by atoms with van der Waals surface area (Å²) in [6.45, 7) is 3.92. The minimum absolute atomic E-state index is 0.0328. The van der Waals surface area contributed by atoms with Crippen molar-refractivity contribution in [2.75, 3.05) is 13.7 Å². The molecule has 1 unspecified atom stereocenters. The molecular weight excluding hydrogens is 262 g/mol. The van der Waals surface area contributed by atoms with Crippen molar-refractivity contribution in [3.05, 3.63) is 29.8 Å². The van der Waals surface area contributed by atoms with E-state index in [4.69, 9.17) is 9.84 Å². The van der Waals surface area contributed by atoms with Gasteiger partial charge in [0.1, 0.15) is 5.75 Å². The highest BCUT2D eigenvalue weighted by atomic mass is 16.5. The molecule has 1 aromatic rings. The molecule has 0 saturated carbocycles. The van der Waals surface area contributed by atoms with Crippen molar-refractivity contribution < 1.29 is 24.5 Å². The molecule has 20 heavy (non-hydrogen) atoms. The number of carbonyl (C=O) groups excluding carboxylic acids is 1. The molecule has 0 heterocycles. The Labute approximate surface area is 118 Å². The van der Waals surface area contributed by atoms with Crippen LogP contribution in [0.25, 0.3) is 0 Å². The first-order chi connectivity index (χ1) is 9.52. The van der Waals surface area contributed by atoms with E-state index in [2.05, 4.69) is 5.32 Å². The number of benzene rings is 1. The number of nitrogens with one attached hydrogen (secondary N) is 1. The molecule has 112 valence electrons. The first-order valence-corrected chi connectivity index (χ1v) is 6.36. The third-order valence-corrected chi connectivity index (χ3v) is 2.29. The van der Waals surface area contributed by atoms with E-state index in [1.807, 2.05) is 13.8 Å². The van der Waals surface area contributed by atoms with E-state index in [9.17, 15) is 14.7 Å². The molecule has 1 rings (SSSR count). The number of ether oxygens (including phenoxy) is 1. The normalized spacial score (nSPS) is 10.8. The molecule has 0 bridgehead atoms. The molecule has 0 aromatic heterocycles. The van der Waals surface area contributed by atoms with Crippen LogP contribution in [-0.2, 0) is 16.0 Å². The molecular formula is C14H21NO5. The fourth-order valence-electron chi connectivity index (χ4n) is 1.25. The van der Waals surface area contributed by atoms with Gasteiger partial charge in [-0.2, -0.15) is 0 Å². The van der Waals surface area contributed by atoms with Crippen molar-refractivity contribution in [3.8, 4) is 5.75 Å². The molecule has 6 nitrogen and oxygen atoms in total. The summed E-state index contributed by atoms with van der Waals surface area (Å²) in [5.74, 6) is -0.984. The molecule has 0 aliphatic rings. The number of likely N-dealkylation sites (N-methyl/N-ethyl adjacent to an activating group) is 1. The van der Waals surface area contributed by atoms with Crippen LogP contribution in [0.5, 0.6) is 5.75 Å². The molecule has 0 aliphatic carbocycles. The van der Waals surface area contributed by atoms with Gasteiger partial charge in [-0.3, -0.25) is 4.79 Å². The topological polar surface area (TPSA) is 95.9 Å².